The fourth-order valence-corrected chi connectivity index (χ4v) is 2.37. The van der Waals surface area contributed by atoms with Crippen molar-refractivity contribution < 1.29 is 0 Å². The number of nitrogens with zero attached hydrogens (tertiary/aromatic N) is 1. The molecule has 0 amide bonds. The van der Waals surface area contributed by atoms with Crippen molar-refractivity contribution in [3.05, 3.63) is 54.6 Å². The third-order valence-corrected chi connectivity index (χ3v) is 3.12. The van der Waals surface area contributed by atoms with Crippen LogP contribution in [0.1, 0.15) is 6.92 Å². The molecular weight excluding hydrogens is 208 g/mol. The molecule has 2 aromatic carbocycles. The van der Waals surface area contributed by atoms with E-state index in [-0.39, 0.29) is 0 Å². The third kappa shape index (κ3) is 1.86. The van der Waals surface area contributed by atoms with Crippen LogP contribution in [0.15, 0.2) is 54.6 Å². The molecule has 0 bridgehead atoms. The molecule has 1 unspecified atom stereocenters. The minimum Gasteiger partial charge on any atom is -0.379 e. The predicted octanol–water partition coefficient (Wildman–Crippen LogP) is 3.64. The first kappa shape index (κ1) is 10.2. The van der Waals surface area contributed by atoms with Crippen molar-refractivity contribution in [2.75, 3.05) is 16.8 Å². The van der Waals surface area contributed by atoms with Gasteiger partial charge in [-0.3, -0.25) is 0 Å². The lowest BCUT2D eigenvalue weighted by atomic mass is 10.1. The summed E-state index contributed by atoms with van der Waals surface area (Å²) in [5.74, 6) is 0. The minimum absolute atomic E-state index is 0.463. The normalized spacial score (nSPS) is 18.4. The summed E-state index contributed by atoms with van der Waals surface area (Å²) in [5, 5.41) is 3.52. The van der Waals surface area contributed by atoms with Crippen LogP contribution in [0.25, 0.3) is 0 Å². The molecule has 0 spiro atoms. The second kappa shape index (κ2) is 4.13. The topological polar surface area (TPSA) is 15.3 Å². The number of hydrogen-bond donors (Lipinski definition) is 1. The first-order chi connectivity index (χ1) is 8.34. The average Bonchev–Trinajstić information content (AvgIpc) is 2.39. The molecule has 1 aliphatic rings. The average molecular weight is 224 g/mol. The highest BCUT2D eigenvalue weighted by atomic mass is 15.2. The predicted molar refractivity (Wildman–Crippen MR) is 73.0 cm³/mol. The SMILES string of the molecule is CC1CN(c2ccccc2)c2ccccc2N1. The Labute approximate surface area is 102 Å². The van der Waals surface area contributed by atoms with Gasteiger partial charge in [0.25, 0.3) is 0 Å². The molecule has 1 N–H and O–H groups in total. The van der Waals surface area contributed by atoms with Gasteiger partial charge in [-0.05, 0) is 31.2 Å². The van der Waals surface area contributed by atoms with Crippen molar-refractivity contribution in [3.8, 4) is 0 Å². The molecular formula is C15H16N2. The van der Waals surface area contributed by atoms with Gasteiger partial charge in [0.05, 0.1) is 11.4 Å². The summed E-state index contributed by atoms with van der Waals surface area (Å²) in [6.07, 6.45) is 0. The fourth-order valence-electron chi connectivity index (χ4n) is 2.37. The van der Waals surface area contributed by atoms with Gasteiger partial charge in [0, 0.05) is 18.3 Å². The van der Waals surface area contributed by atoms with Crippen molar-refractivity contribution in [2.24, 2.45) is 0 Å². The second-order valence-corrected chi connectivity index (χ2v) is 4.51. The standard InChI is InChI=1S/C15H16N2/c1-12-11-17(13-7-3-2-4-8-13)15-10-6-5-9-14(15)16-12/h2-10,12,16H,11H2,1H3. The number of rotatable bonds is 1. The highest BCUT2D eigenvalue weighted by Crippen LogP contribution is 2.35. The van der Waals surface area contributed by atoms with Gasteiger partial charge in [-0.15, -0.1) is 0 Å². The van der Waals surface area contributed by atoms with Crippen LogP contribution < -0.4 is 10.2 Å². The van der Waals surface area contributed by atoms with E-state index in [9.17, 15) is 0 Å². The van der Waals surface area contributed by atoms with Gasteiger partial charge in [0.1, 0.15) is 0 Å². The third-order valence-electron chi connectivity index (χ3n) is 3.12. The van der Waals surface area contributed by atoms with Crippen LogP contribution >= 0.6 is 0 Å². The number of benzene rings is 2. The molecule has 2 aromatic rings. The minimum atomic E-state index is 0.463. The molecule has 0 saturated carbocycles. The number of para-hydroxylation sites is 3. The maximum absolute atomic E-state index is 3.52. The summed E-state index contributed by atoms with van der Waals surface area (Å²) in [7, 11) is 0. The largest absolute Gasteiger partial charge is 0.379 e. The number of fused-ring (bicyclic) bond motifs is 1. The molecule has 0 radical (unpaired) electrons. The van der Waals surface area contributed by atoms with Crippen LogP contribution in [0.3, 0.4) is 0 Å². The Bertz CT molecular complexity index is 507. The fraction of sp³-hybridized carbons (Fsp3) is 0.200. The van der Waals surface area contributed by atoms with Gasteiger partial charge >= 0.3 is 0 Å². The van der Waals surface area contributed by atoms with Gasteiger partial charge in [-0.2, -0.15) is 0 Å². The van der Waals surface area contributed by atoms with Crippen LogP contribution in [0, 0.1) is 0 Å². The zero-order chi connectivity index (χ0) is 11.7. The maximum Gasteiger partial charge on any atom is 0.0647 e. The van der Waals surface area contributed by atoms with Crippen LogP contribution in [-0.4, -0.2) is 12.6 Å². The summed E-state index contributed by atoms with van der Waals surface area (Å²) < 4.78 is 0. The first-order valence-electron chi connectivity index (χ1n) is 6.03. The second-order valence-electron chi connectivity index (χ2n) is 4.51. The van der Waals surface area contributed by atoms with Gasteiger partial charge in [-0.1, -0.05) is 30.3 Å². The Kier molecular flexibility index (Phi) is 2.48. The lowest BCUT2D eigenvalue weighted by Gasteiger charge is -2.35. The number of anilines is 3. The molecule has 2 nitrogen and oxygen atoms in total. The van der Waals surface area contributed by atoms with Gasteiger partial charge in [0.15, 0.2) is 0 Å². The van der Waals surface area contributed by atoms with E-state index < -0.39 is 0 Å². The molecule has 0 aliphatic carbocycles. The van der Waals surface area contributed by atoms with Crippen LogP contribution in [0.2, 0.25) is 0 Å². The molecule has 1 aliphatic heterocycles. The summed E-state index contributed by atoms with van der Waals surface area (Å²) >= 11 is 0. The van der Waals surface area contributed by atoms with E-state index >= 15 is 0 Å². The lowest BCUT2D eigenvalue weighted by Crippen LogP contribution is -2.36. The Balaban J connectivity index is 2.07. The molecule has 3 rings (SSSR count). The summed E-state index contributed by atoms with van der Waals surface area (Å²) in [6.45, 7) is 3.22. The Morgan fingerprint density at radius 2 is 1.71 bits per heavy atom. The smallest absolute Gasteiger partial charge is 0.0647 e. The molecule has 1 heterocycles. The van der Waals surface area contributed by atoms with E-state index in [1.165, 1.54) is 17.1 Å². The molecule has 17 heavy (non-hydrogen) atoms. The van der Waals surface area contributed by atoms with Gasteiger partial charge in [-0.25, -0.2) is 0 Å². The lowest BCUT2D eigenvalue weighted by molar-refractivity contribution is 0.759. The van der Waals surface area contributed by atoms with Crippen molar-refractivity contribution in [1.29, 1.82) is 0 Å². The Morgan fingerprint density at radius 3 is 2.53 bits per heavy atom. The van der Waals surface area contributed by atoms with Crippen LogP contribution in [0.5, 0.6) is 0 Å². The van der Waals surface area contributed by atoms with E-state index in [4.69, 9.17) is 0 Å². The van der Waals surface area contributed by atoms with E-state index in [1.54, 1.807) is 0 Å². The van der Waals surface area contributed by atoms with E-state index in [1.807, 2.05) is 0 Å². The van der Waals surface area contributed by atoms with Crippen LogP contribution in [-0.2, 0) is 0 Å². The monoisotopic (exact) mass is 224 g/mol. The van der Waals surface area contributed by atoms with Crippen LogP contribution in [0.4, 0.5) is 17.1 Å². The van der Waals surface area contributed by atoms with E-state index in [2.05, 4.69) is 71.7 Å². The molecule has 86 valence electrons. The molecule has 1 atom stereocenters. The van der Waals surface area contributed by atoms with E-state index in [0.717, 1.165) is 6.54 Å². The van der Waals surface area contributed by atoms with Gasteiger partial charge < -0.3 is 10.2 Å². The van der Waals surface area contributed by atoms with Crippen molar-refractivity contribution in [2.45, 2.75) is 13.0 Å². The molecule has 2 heteroatoms. The zero-order valence-electron chi connectivity index (χ0n) is 9.93. The van der Waals surface area contributed by atoms with Crippen molar-refractivity contribution in [3.63, 3.8) is 0 Å². The first-order valence-corrected chi connectivity index (χ1v) is 6.03. The summed E-state index contributed by atoms with van der Waals surface area (Å²) in [6, 6.07) is 19.5. The molecule has 0 fully saturated rings. The van der Waals surface area contributed by atoms with Crippen molar-refractivity contribution in [1.82, 2.24) is 0 Å². The Morgan fingerprint density at radius 1 is 1.00 bits per heavy atom. The maximum atomic E-state index is 3.52. The molecule has 0 aromatic heterocycles. The van der Waals surface area contributed by atoms with E-state index in [0.29, 0.717) is 6.04 Å². The summed E-state index contributed by atoms with van der Waals surface area (Å²) in [4.78, 5) is 2.37. The van der Waals surface area contributed by atoms with Gasteiger partial charge in [0.2, 0.25) is 0 Å². The number of nitrogens with one attached hydrogen (secondary N) is 1. The highest BCUT2D eigenvalue weighted by molar-refractivity contribution is 5.78. The summed E-state index contributed by atoms with van der Waals surface area (Å²) in [5.41, 5.74) is 3.74. The zero-order valence-corrected chi connectivity index (χ0v) is 9.93. The Hall–Kier alpha value is -1.96. The highest BCUT2D eigenvalue weighted by Gasteiger charge is 2.21. The number of hydrogen-bond acceptors (Lipinski definition) is 2. The van der Waals surface area contributed by atoms with Crippen molar-refractivity contribution >= 4 is 17.1 Å². The quantitative estimate of drug-likeness (QED) is 0.795. The molecule has 0 saturated heterocycles.